The zero-order valence-corrected chi connectivity index (χ0v) is 16.5. The molecule has 0 unspecified atom stereocenters. The number of carbonyl (C=O) groups is 1. The molecule has 2 N–H and O–H groups in total. The van der Waals surface area contributed by atoms with Crippen LogP contribution in [0.1, 0.15) is 11.4 Å². The first-order valence-corrected chi connectivity index (χ1v) is 9.04. The van der Waals surface area contributed by atoms with Gasteiger partial charge in [-0.2, -0.15) is 0 Å². The number of nitrogens with zero attached hydrogens (tertiary/aromatic N) is 3. The Bertz CT molecular complexity index is 1030. The lowest BCUT2D eigenvalue weighted by atomic mass is 10.2. The summed E-state index contributed by atoms with van der Waals surface area (Å²) >= 11 is 0. The van der Waals surface area contributed by atoms with Gasteiger partial charge < -0.3 is 15.5 Å². The van der Waals surface area contributed by atoms with E-state index in [2.05, 4.69) is 20.6 Å². The number of aryl methyl sites for hydroxylation is 1. The molecule has 0 aliphatic heterocycles. The van der Waals surface area contributed by atoms with Gasteiger partial charge in [-0.1, -0.05) is 18.2 Å². The number of rotatable bonds is 6. The standard InChI is InChI=1S/C22H22FN5O/c1-15-24-20(14-21(25-15)28(2)3)26-17-9-11-18(12-10-17)27-22(29)13-8-16-6-4-5-7-19(16)23/h4-14H,1-3H3,(H,27,29)(H,24,25,26)/b13-8+. The number of halogens is 1. The lowest BCUT2D eigenvalue weighted by Crippen LogP contribution is -2.12. The van der Waals surface area contributed by atoms with E-state index in [1.165, 1.54) is 18.2 Å². The molecule has 7 heteroatoms. The van der Waals surface area contributed by atoms with Crippen LogP contribution in [0.4, 0.5) is 27.4 Å². The van der Waals surface area contributed by atoms with Gasteiger partial charge in [-0.25, -0.2) is 14.4 Å². The molecule has 1 heterocycles. The molecule has 148 valence electrons. The van der Waals surface area contributed by atoms with Crippen molar-refractivity contribution >= 4 is 35.0 Å². The van der Waals surface area contributed by atoms with Gasteiger partial charge in [0.2, 0.25) is 5.91 Å². The first-order valence-electron chi connectivity index (χ1n) is 9.04. The second-order valence-electron chi connectivity index (χ2n) is 6.60. The zero-order valence-electron chi connectivity index (χ0n) is 16.5. The summed E-state index contributed by atoms with van der Waals surface area (Å²) in [4.78, 5) is 22.7. The highest BCUT2D eigenvalue weighted by Crippen LogP contribution is 2.20. The Morgan fingerprint density at radius 2 is 1.72 bits per heavy atom. The summed E-state index contributed by atoms with van der Waals surface area (Å²) in [5, 5.41) is 5.97. The predicted octanol–water partition coefficient (Wildman–Crippen LogP) is 4.39. The summed E-state index contributed by atoms with van der Waals surface area (Å²) in [5.74, 6) is 1.46. The van der Waals surface area contributed by atoms with Crippen LogP contribution in [0.3, 0.4) is 0 Å². The van der Waals surface area contributed by atoms with E-state index in [1.807, 2.05) is 44.1 Å². The summed E-state index contributed by atoms with van der Waals surface area (Å²) in [7, 11) is 3.84. The number of aromatic nitrogens is 2. The van der Waals surface area contributed by atoms with Crippen molar-refractivity contribution < 1.29 is 9.18 Å². The van der Waals surface area contributed by atoms with Gasteiger partial charge in [-0.3, -0.25) is 4.79 Å². The second kappa shape index (κ2) is 8.97. The average Bonchev–Trinajstić information content (AvgIpc) is 2.68. The monoisotopic (exact) mass is 391 g/mol. The molecule has 3 rings (SSSR count). The highest BCUT2D eigenvalue weighted by atomic mass is 19.1. The average molecular weight is 391 g/mol. The molecular formula is C22H22FN5O. The number of benzene rings is 2. The van der Waals surface area contributed by atoms with Crippen LogP contribution in [0.2, 0.25) is 0 Å². The molecule has 0 saturated carbocycles. The summed E-state index contributed by atoms with van der Waals surface area (Å²) in [5.41, 5.74) is 1.82. The third-order valence-electron chi connectivity index (χ3n) is 4.03. The number of hydrogen-bond acceptors (Lipinski definition) is 5. The van der Waals surface area contributed by atoms with Crippen molar-refractivity contribution in [3.8, 4) is 0 Å². The smallest absolute Gasteiger partial charge is 0.248 e. The second-order valence-corrected chi connectivity index (χ2v) is 6.60. The van der Waals surface area contributed by atoms with E-state index in [9.17, 15) is 9.18 Å². The fourth-order valence-electron chi connectivity index (χ4n) is 2.59. The van der Waals surface area contributed by atoms with Gasteiger partial charge in [0.15, 0.2) is 0 Å². The molecule has 0 radical (unpaired) electrons. The Morgan fingerprint density at radius 3 is 2.41 bits per heavy atom. The fourth-order valence-corrected chi connectivity index (χ4v) is 2.59. The van der Waals surface area contributed by atoms with Gasteiger partial charge in [0, 0.05) is 43.2 Å². The van der Waals surface area contributed by atoms with Crippen LogP contribution < -0.4 is 15.5 Å². The van der Waals surface area contributed by atoms with Crippen LogP contribution in [0, 0.1) is 12.7 Å². The molecule has 2 aromatic carbocycles. The first-order chi connectivity index (χ1) is 13.9. The minimum Gasteiger partial charge on any atom is -0.363 e. The van der Waals surface area contributed by atoms with Crippen LogP contribution in [0.15, 0.2) is 60.7 Å². The predicted molar refractivity (Wildman–Crippen MR) is 115 cm³/mol. The molecular weight excluding hydrogens is 369 g/mol. The molecule has 0 fully saturated rings. The first kappa shape index (κ1) is 20.0. The van der Waals surface area contributed by atoms with Crippen molar-refractivity contribution in [1.82, 2.24) is 9.97 Å². The highest BCUT2D eigenvalue weighted by Gasteiger charge is 2.05. The van der Waals surface area contributed by atoms with Gasteiger partial charge in [-0.15, -0.1) is 0 Å². The topological polar surface area (TPSA) is 70.2 Å². The van der Waals surface area contributed by atoms with Crippen LogP contribution in [-0.4, -0.2) is 30.0 Å². The van der Waals surface area contributed by atoms with E-state index < -0.39 is 0 Å². The van der Waals surface area contributed by atoms with Crippen LogP contribution in [0.5, 0.6) is 0 Å². The van der Waals surface area contributed by atoms with E-state index >= 15 is 0 Å². The normalized spacial score (nSPS) is 10.8. The summed E-state index contributed by atoms with van der Waals surface area (Å²) in [6, 6.07) is 15.4. The van der Waals surface area contributed by atoms with Gasteiger partial charge in [0.05, 0.1) is 0 Å². The molecule has 0 aliphatic carbocycles. The Balaban J connectivity index is 1.63. The van der Waals surface area contributed by atoms with Crippen LogP contribution >= 0.6 is 0 Å². The van der Waals surface area contributed by atoms with E-state index in [0.29, 0.717) is 22.9 Å². The SMILES string of the molecule is Cc1nc(Nc2ccc(NC(=O)/C=C/c3ccccc3F)cc2)cc(N(C)C)n1. The van der Waals surface area contributed by atoms with E-state index in [0.717, 1.165) is 11.5 Å². The third kappa shape index (κ3) is 5.62. The summed E-state index contributed by atoms with van der Waals surface area (Å²) < 4.78 is 13.6. The fraction of sp³-hybridized carbons (Fsp3) is 0.136. The quantitative estimate of drug-likeness (QED) is 0.610. The number of carbonyl (C=O) groups excluding carboxylic acids is 1. The van der Waals surface area contributed by atoms with Gasteiger partial charge >= 0.3 is 0 Å². The summed E-state index contributed by atoms with van der Waals surface area (Å²) in [6.07, 6.45) is 2.75. The number of amides is 1. The van der Waals surface area contributed by atoms with Gasteiger partial charge in [-0.05, 0) is 43.3 Å². The number of nitrogens with one attached hydrogen (secondary N) is 2. The number of anilines is 4. The minimum atomic E-state index is -0.371. The van der Waals surface area contributed by atoms with Crippen molar-refractivity contribution in [1.29, 1.82) is 0 Å². The molecule has 6 nitrogen and oxygen atoms in total. The lowest BCUT2D eigenvalue weighted by Gasteiger charge is -2.14. The maximum absolute atomic E-state index is 13.6. The van der Waals surface area contributed by atoms with Gasteiger partial charge in [0.25, 0.3) is 0 Å². The van der Waals surface area contributed by atoms with Crippen molar-refractivity contribution in [3.63, 3.8) is 0 Å². The van der Waals surface area contributed by atoms with Crippen molar-refractivity contribution in [2.24, 2.45) is 0 Å². The molecule has 29 heavy (non-hydrogen) atoms. The molecule has 0 aliphatic rings. The Labute approximate surface area is 169 Å². The Kier molecular flexibility index (Phi) is 6.19. The van der Waals surface area contributed by atoms with E-state index in [1.54, 1.807) is 30.3 Å². The molecule has 1 aromatic heterocycles. The molecule has 0 saturated heterocycles. The molecule has 0 spiro atoms. The Morgan fingerprint density at radius 1 is 1.03 bits per heavy atom. The maximum atomic E-state index is 13.6. The van der Waals surface area contributed by atoms with E-state index in [-0.39, 0.29) is 11.7 Å². The van der Waals surface area contributed by atoms with Gasteiger partial charge in [0.1, 0.15) is 23.3 Å². The Hall–Kier alpha value is -3.74. The molecule has 1 amide bonds. The van der Waals surface area contributed by atoms with Crippen molar-refractivity contribution in [3.05, 3.63) is 77.9 Å². The van der Waals surface area contributed by atoms with Crippen LogP contribution in [-0.2, 0) is 4.79 Å². The zero-order chi connectivity index (χ0) is 20.8. The van der Waals surface area contributed by atoms with Crippen LogP contribution in [0.25, 0.3) is 6.08 Å². The molecule has 0 bridgehead atoms. The molecule has 3 aromatic rings. The minimum absolute atomic E-state index is 0.337. The van der Waals surface area contributed by atoms with Crippen molar-refractivity contribution in [2.45, 2.75) is 6.92 Å². The third-order valence-corrected chi connectivity index (χ3v) is 4.03. The lowest BCUT2D eigenvalue weighted by molar-refractivity contribution is -0.111. The maximum Gasteiger partial charge on any atom is 0.248 e. The number of hydrogen-bond donors (Lipinski definition) is 2. The molecule has 0 atom stereocenters. The largest absolute Gasteiger partial charge is 0.363 e. The summed E-state index contributed by atoms with van der Waals surface area (Å²) in [6.45, 7) is 1.84. The van der Waals surface area contributed by atoms with E-state index in [4.69, 9.17) is 0 Å². The van der Waals surface area contributed by atoms with Crippen molar-refractivity contribution in [2.75, 3.05) is 29.6 Å². The highest BCUT2D eigenvalue weighted by molar-refractivity contribution is 6.02.